The third-order valence-corrected chi connectivity index (χ3v) is 9.79. The Morgan fingerprint density at radius 3 is 1.60 bits per heavy atom. The number of rotatable bonds is 4. The van der Waals surface area contributed by atoms with Gasteiger partial charge in [0.1, 0.15) is 0 Å². The maximum absolute atomic E-state index is 10.5. The zero-order valence-electron chi connectivity index (χ0n) is 27.5. The summed E-state index contributed by atoms with van der Waals surface area (Å²) in [4.78, 5) is 3.95. The fourth-order valence-corrected chi connectivity index (χ4v) is 7.49. The predicted octanol–water partition coefficient (Wildman–Crippen LogP) is 11.4. The van der Waals surface area contributed by atoms with Crippen LogP contribution in [0, 0.1) is 40.6 Å². The van der Waals surface area contributed by atoms with Gasteiger partial charge in [0.05, 0.1) is 69.2 Å². The van der Waals surface area contributed by atoms with Crippen molar-refractivity contribution in [1.29, 1.82) is 15.8 Å². The van der Waals surface area contributed by atoms with Crippen LogP contribution in [-0.4, -0.2) is 9.13 Å². The van der Waals surface area contributed by atoms with Crippen LogP contribution in [0.4, 0.5) is 5.69 Å². The van der Waals surface area contributed by atoms with E-state index >= 15 is 0 Å². The summed E-state index contributed by atoms with van der Waals surface area (Å²) in [7, 11) is 0. The second kappa shape index (κ2) is 11.9. The Hall–Kier alpha value is -7.90. The zero-order chi connectivity index (χ0) is 35.3. The van der Waals surface area contributed by atoms with E-state index in [1.165, 1.54) is 0 Å². The molecule has 238 valence electrons. The number of benzene rings is 7. The molecule has 0 fully saturated rings. The van der Waals surface area contributed by atoms with E-state index in [1.54, 1.807) is 18.2 Å². The summed E-state index contributed by atoms with van der Waals surface area (Å²) in [5.74, 6) is 0. The third-order valence-electron chi connectivity index (χ3n) is 9.79. The summed E-state index contributed by atoms with van der Waals surface area (Å²) in [6, 6.07) is 54.7. The molecule has 0 saturated carbocycles. The number of nitrogens with zero attached hydrogens (tertiary/aromatic N) is 6. The monoisotopic (exact) mass is 660 g/mol. The molecule has 0 aliphatic heterocycles. The maximum Gasteiger partial charge on any atom is 0.196 e. The second-order valence-electron chi connectivity index (χ2n) is 12.6. The van der Waals surface area contributed by atoms with Crippen LogP contribution < -0.4 is 0 Å². The molecule has 0 spiro atoms. The van der Waals surface area contributed by atoms with Gasteiger partial charge in [-0.3, -0.25) is 0 Å². The average molecular weight is 661 g/mol. The van der Waals surface area contributed by atoms with Gasteiger partial charge in [0.25, 0.3) is 0 Å². The Labute approximate surface area is 298 Å². The molecule has 9 aromatic rings. The van der Waals surface area contributed by atoms with Gasteiger partial charge in [-0.05, 0) is 101 Å². The van der Waals surface area contributed by atoms with Crippen LogP contribution in [-0.2, 0) is 0 Å². The highest BCUT2D eigenvalue weighted by molar-refractivity contribution is 6.11. The molecule has 6 heteroatoms. The van der Waals surface area contributed by atoms with E-state index in [1.807, 2.05) is 53.1 Å². The average Bonchev–Trinajstić information content (AvgIpc) is 3.72. The zero-order valence-corrected chi connectivity index (χ0v) is 27.5. The van der Waals surface area contributed by atoms with E-state index in [4.69, 9.17) is 6.57 Å². The lowest BCUT2D eigenvalue weighted by Crippen LogP contribution is -2.00. The lowest BCUT2D eigenvalue weighted by Gasteiger charge is -2.17. The van der Waals surface area contributed by atoms with Crippen LogP contribution in [0.3, 0.4) is 0 Å². The van der Waals surface area contributed by atoms with Crippen molar-refractivity contribution in [3.8, 4) is 51.8 Å². The fourth-order valence-electron chi connectivity index (χ4n) is 7.49. The summed E-state index contributed by atoms with van der Waals surface area (Å²) in [5.41, 5.74) is 10.5. The van der Waals surface area contributed by atoms with Crippen molar-refractivity contribution in [2.75, 3.05) is 0 Å². The van der Waals surface area contributed by atoms with Crippen LogP contribution in [0.5, 0.6) is 0 Å². The number of para-hydroxylation sites is 2. The highest BCUT2D eigenvalue weighted by Crippen LogP contribution is 2.42. The first-order valence-corrected chi connectivity index (χ1v) is 16.6. The van der Waals surface area contributed by atoms with Gasteiger partial charge in [0, 0.05) is 27.2 Å². The first-order valence-electron chi connectivity index (χ1n) is 16.6. The highest BCUT2D eigenvalue weighted by atomic mass is 15.0. The van der Waals surface area contributed by atoms with Crippen molar-refractivity contribution < 1.29 is 0 Å². The van der Waals surface area contributed by atoms with E-state index in [0.29, 0.717) is 33.6 Å². The minimum Gasteiger partial charge on any atom is -0.309 e. The normalized spacial score (nSPS) is 11.0. The third kappa shape index (κ3) is 4.62. The molecule has 0 saturated heterocycles. The minimum absolute atomic E-state index is 0.337. The summed E-state index contributed by atoms with van der Waals surface area (Å²) < 4.78 is 4.27. The SMILES string of the molecule is [C-]#[N+]c1cc(C#N)c(-n2c3ccc(C#N)cc3c3cc(C#N)ccc32)cc1-c1cc(-c2ccccc2)cc(-n2c3ccccc3c3ccccc32)c1. The molecule has 0 unspecified atom stereocenters. The van der Waals surface area contributed by atoms with Gasteiger partial charge in [0.15, 0.2) is 5.69 Å². The molecular weight excluding hydrogens is 637 g/mol. The maximum atomic E-state index is 10.5. The Bertz CT molecular complexity index is 2990. The van der Waals surface area contributed by atoms with E-state index in [0.717, 1.165) is 66.0 Å². The Balaban J connectivity index is 1.37. The number of aromatic nitrogens is 2. The van der Waals surface area contributed by atoms with Gasteiger partial charge in [-0.2, -0.15) is 15.8 Å². The summed E-state index contributed by atoms with van der Waals surface area (Å²) in [6.07, 6.45) is 0. The van der Waals surface area contributed by atoms with Crippen molar-refractivity contribution >= 4 is 49.3 Å². The predicted molar refractivity (Wildman–Crippen MR) is 206 cm³/mol. The van der Waals surface area contributed by atoms with E-state index in [2.05, 4.69) is 106 Å². The van der Waals surface area contributed by atoms with Gasteiger partial charge in [-0.1, -0.05) is 66.7 Å². The molecule has 7 aromatic carbocycles. The van der Waals surface area contributed by atoms with Crippen molar-refractivity contribution in [3.63, 3.8) is 0 Å². The van der Waals surface area contributed by atoms with Gasteiger partial charge in [-0.25, -0.2) is 4.85 Å². The number of nitriles is 3. The first kappa shape index (κ1) is 30.2. The second-order valence-corrected chi connectivity index (χ2v) is 12.6. The van der Waals surface area contributed by atoms with Crippen LogP contribution >= 0.6 is 0 Å². The van der Waals surface area contributed by atoms with Crippen LogP contribution in [0.2, 0.25) is 0 Å². The number of fused-ring (bicyclic) bond motifs is 6. The molecule has 2 aromatic heterocycles. The van der Waals surface area contributed by atoms with E-state index in [9.17, 15) is 15.8 Å². The molecule has 0 aliphatic rings. The van der Waals surface area contributed by atoms with Crippen LogP contribution in [0.25, 0.3) is 82.1 Å². The van der Waals surface area contributed by atoms with Gasteiger partial charge in [-0.15, -0.1) is 0 Å². The molecular formula is C46H24N6. The lowest BCUT2D eigenvalue weighted by molar-refractivity contribution is 1.17. The Kier molecular flexibility index (Phi) is 6.91. The van der Waals surface area contributed by atoms with Crippen molar-refractivity contribution in [2.45, 2.75) is 0 Å². The van der Waals surface area contributed by atoms with Gasteiger partial charge in [0.2, 0.25) is 0 Å². The van der Waals surface area contributed by atoms with Crippen molar-refractivity contribution in [3.05, 3.63) is 174 Å². The van der Waals surface area contributed by atoms with Gasteiger partial charge < -0.3 is 9.13 Å². The lowest BCUT2D eigenvalue weighted by atomic mass is 9.95. The van der Waals surface area contributed by atoms with Crippen LogP contribution in [0.1, 0.15) is 16.7 Å². The molecule has 0 radical (unpaired) electrons. The number of hydrogen-bond donors (Lipinski definition) is 0. The van der Waals surface area contributed by atoms with E-state index < -0.39 is 0 Å². The van der Waals surface area contributed by atoms with Crippen molar-refractivity contribution in [2.24, 2.45) is 0 Å². The Morgan fingerprint density at radius 1 is 0.462 bits per heavy atom. The van der Waals surface area contributed by atoms with E-state index in [-0.39, 0.29) is 0 Å². The molecule has 0 aliphatic carbocycles. The Morgan fingerprint density at radius 2 is 1.02 bits per heavy atom. The van der Waals surface area contributed by atoms with Crippen molar-refractivity contribution in [1.82, 2.24) is 9.13 Å². The number of hydrogen-bond acceptors (Lipinski definition) is 3. The molecule has 6 nitrogen and oxygen atoms in total. The van der Waals surface area contributed by atoms with Gasteiger partial charge >= 0.3 is 0 Å². The quantitative estimate of drug-likeness (QED) is 0.176. The largest absolute Gasteiger partial charge is 0.309 e. The molecule has 0 N–H and O–H groups in total. The summed E-state index contributed by atoms with van der Waals surface area (Å²) in [6.45, 7) is 8.27. The molecule has 2 heterocycles. The molecule has 0 atom stereocenters. The smallest absolute Gasteiger partial charge is 0.196 e. The summed E-state index contributed by atoms with van der Waals surface area (Å²) in [5, 5.41) is 33.9. The molecule has 52 heavy (non-hydrogen) atoms. The first-order chi connectivity index (χ1) is 25.6. The highest BCUT2D eigenvalue weighted by Gasteiger charge is 2.21. The molecule has 9 rings (SSSR count). The minimum atomic E-state index is 0.337. The standard InChI is InChI=1S/C46H24N6/c1-50-41-24-34(28-49)46(52-44-17-15-29(26-47)19-39(44)40-20-30(27-48)16-18-45(40)52)25-38(41)33-21-32(31-9-3-2-4-10-31)22-35(23-33)51-42-13-7-5-11-36(42)37-12-6-8-14-43(37)51/h2-25H. The molecule has 0 amide bonds. The van der Waals surface area contributed by atoms with Crippen LogP contribution in [0.15, 0.2) is 146 Å². The molecule has 0 bridgehead atoms. The topological polar surface area (TPSA) is 85.6 Å². The summed E-state index contributed by atoms with van der Waals surface area (Å²) >= 11 is 0. The fraction of sp³-hybridized carbons (Fsp3) is 0.